The molecule has 1 aromatic rings. The zero-order valence-corrected chi connectivity index (χ0v) is 15.3. The van der Waals surface area contributed by atoms with E-state index < -0.39 is 10.0 Å². The molecule has 2 heterocycles. The van der Waals surface area contributed by atoms with Gasteiger partial charge in [-0.25, -0.2) is 8.42 Å². The predicted molar refractivity (Wildman–Crippen MR) is 92.8 cm³/mol. The maximum atomic E-state index is 12.8. The molecule has 2 aliphatic heterocycles. The number of piperazine rings is 1. The van der Waals surface area contributed by atoms with E-state index in [0.29, 0.717) is 44.3 Å². The van der Waals surface area contributed by atoms with Crippen LogP contribution in [0.5, 0.6) is 0 Å². The molecular formula is C16H22ClN3O3S. The van der Waals surface area contributed by atoms with Gasteiger partial charge < -0.3 is 9.80 Å². The number of benzene rings is 1. The topological polar surface area (TPSA) is 60.9 Å². The minimum absolute atomic E-state index is 0.138. The molecule has 0 unspecified atom stereocenters. The van der Waals surface area contributed by atoms with Crippen LogP contribution in [-0.4, -0.2) is 74.7 Å². The number of carbonyl (C=O) groups is 1. The van der Waals surface area contributed by atoms with Crippen LogP contribution in [0.1, 0.15) is 23.2 Å². The van der Waals surface area contributed by atoms with Gasteiger partial charge in [0.05, 0.1) is 15.5 Å². The summed E-state index contributed by atoms with van der Waals surface area (Å²) in [7, 11) is -1.63. The van der Waals surface area contributed by atoms with Gasteiger partial charge in [-0.15, -0.1) is 0 Å². The van der Waals surface area contributed by atoms with E-state index in [2.05, 4.69) is 4.90 Å². The molecule has 0 aromatic heterocycles. The van der Waals surface area contributed by atoms with E-state index in [1.165, 1.54) is 22.5 Å². The Morgan fingerprint density at radius 1 is 1.04 bits per heavy atom. The average Bonchev–Trinajstić information content (AvgIpc) is 3.09. The van der Waals surface area contributed by atoms with Gasteiger partial charge in [0.1, 0.15) is 0 Å². The second-order valence-corrected chi connectivity index (χ2v) is 8.69. The second-order valence-electron chi connectivity index (χ2n) is 6.35. The van der Waals surface area contributed by atoms with Gasteiger partial charge >= 0.3 is 0 Å². The molecule has 3 rings (SSSR count). The Bertz CT molecular complexity index is 724. The van der Waals surface area contributed by atoms with Gasteiger partial charge in [-0.05, 0) is 38.1 Å². The quantitative estimate of drug-likeness (QED) is 0.808. The lowest BCUT2D eigenvalue weighted by atomic mass is 10.2. The molecule has 0 spiro atoms. The Labute approximate surface area is 148 Å². The van der Waals surface area contributed by atoms with Crippen LogP contribution in [0.3, 0.4) is 0 Å². The minimum Gasteiger partial charge on any atom is -0.339 e. The fourth-order valence-electron chi connectivity index (χ4n) is 3.10. The van der Waals surface area contributed by atoms with Crippen LogP contribution in [0.25, 0.3) is 0 Å². The highest BCUT2D eigenvalue weighted by Crippen LogP contribution is 2.26. The number of likely N-dealkylation sites (tertiary alicyclic amines) is 1. The lowest BCUT2D eigenvalue weighted by Crippen LogP contribution is -2.47. The monoisotopic (exact) mass is 371 g/mol. The maximum absolute atomic E-state index is 12.8. The molecule has 132 valence electrons. The van der Waals surface area contributed by atoms with Gasteiger partial charge in [-0.2, -0.15) is 4.31 Å². The fourth-order valence-corrected chi connectivity index (χ4v) is 4.74. The molecule has 2 fully saturated rings. The lowest BCUT2D eigenvalue weighted by Gasteiger charge is -2.31. The summed E-state index contributed by atoms with van der Waals surface area (Å²) in [6.07, 6.45) is 1.95. The van der Waals surface area contributed by atoms with Crippen molar-refractivity contribution in [2.24, 2.45) is 0 Å². The molecule has 8 heteroatoms. The molecule has 6 nitrogen and oxygen atoms in total. The number of halogens is 1. The van der Waals surface area contributed by atoms with Crippen molar-refractivity contribution in [2.45, 2.75) is 17.7 Å². The summed E-state index contributed by atoms with van der Waals surface area (Å²) >= 11 is 6.16. The van der Waals surface area contributed by atoms with Crippen LogP contribution < -0.4 is 0 Å². The second kappa shape index (κ2) is 7.00. The molecule has 0 saturated carbocycles. The molecule has 0 atom stereocenters. The number of rotatable bonds is 3. The highest BCUT2D eigenvalue weighted by Gasteiger charge is 2.29. The fraction of sp³-hybridized carbons (Fsp3) is 0.562. The van der Waals surface area contributed by atoms with E-state index in [4.69, 9.17) is 11.6 Å². The Kier molecular flexibility index (Phi) is 5.15. The number of amides is 1. The normalized spacial score (nSPS) is 20.5. The van der Waals surface area contributed by atoms with Crippen LogP contribution >= 0.6 is 11.6 Å². The molecule has 24 heavy (non-hydrogen) atoms. The van der Waals surface area contributed by atoms with Gasteiger partial charge in [0.15, 0.2) is 0 Å². The first-order valence-electron chi connectivity index (χ1n) is 8.17. The standard InChI is InChI=1S/C16H22ClN3O3S/c1-18-8-10-20(11-9-18)24(22,23)13-4-5-15(17)14(12-13)16(21)19-6-2-3-7-19/h4-5,12H,2-3,6-11H2,1H3. The Balaban J connectivity index is 1.88. The highest BCUT2D eigenvalue weighted by atomic mass is 35.5. The van der Waals surface area contributed by atoms with Crippen molar-refractivity contribution in [1.29, 1.82) is 0 Å². The van der Waals surface area contributed by atoms with Gasteiger partial charge in [-0.3, -0.25) is 4.79 Å². The van der Waals surface area contributed by atoms with Crippen LogP contribution in [0, 0.1) is 0 Å². The van der Waals surface area contributed by atoms with Gasteiger partial charge in [0.2, 0.25) is 10.0 Å². The summed E-state index contributed by atoms with van der Waals surface area (Å²) in [6.45, 7) is 3.71. The average molecular weight is 372 g/mol. The summed E-state index contributed by atoms with van der Waals surface area (Å²) in [6, 6.07) is 4.42. The van der Waals surface area contributed by atoms with Crippen molar-refractivity contribution in [1.82, 2.24) is 14.1 Å². The molecule has 1 amide bonds. The number of carbonyl (C=O) groups excluding carboxylic acids is 1. The lowest BCUT2D eigenvalue weighted by molar-refractivity contribution is 0.0792. The van der Waals surface area contributed by atoms with E-state index in [-0.39, 0.29) is 16.4 Å². The molecule has 0 bridgehead atoms. The number of nitrogens with zero attached hydrogens (tertiary/aromatic N) is 3. The van der Waals surface area contributed by atoms with Gasteiger partial charge in [-0.1, -0.05) is 11.6 Å². The van der Waals surface area contributed by atoms with Crippen molar-refractivity contribution >= 4 is 27.5 Å². The first-order valence-corrected chi connectivity index (χ1v) is 9.99. The van der Waals surface area contributed by atoms with E-state index >= 15 is 0 Å². The van der Waals surface area contributed by atoms with Crippen LogP contribution in [-0.2, 0) is 10.0 Å². The molecule has 2 aliphatic rings. The zero-order valence-electron chi connectivity index (χ0n) is 13.7. The molecule has 0 N–H and O–H groups in total. The first kappa shape index (κ1) is 17.7. The number of hydrogen-bond donors (Lipinski definition) is 0. The molecule has 0 aliphatic carbocycles. The Morgan fingerprint density at radius 2 is 1.67 bits per heavy atom. The zero-order chi connectivity index (χ0) is 17.3. The summed E-state index contributed by atoms with van der Waals surface area (Å²) in [5.74, 6) is -0.187. The summed E-state index contributed by atoms with van der Waals surface area (Å²) < 4.78 is 27.2. The third-order valence-corrected chi connectivity index (χ3v) is 6.89. The Morgan fingerprint density at radius 3 is 2.29 bits per heavy atom. The summed E-state index contributed by atoms with van der Waals surface area (Å²) in [4.78, 5) is 16.6. The molecule has 0 radical (unpaired) electrons. The first-order chi connectivity index (χ1) is 11.4. The van der Waals surface area contributed by atoms with E-state index in [1.54, 1.807) is 4.90 Å². The van der Waals surface area contributed by atoms with Crippen LogP contribution in [0.15, 0.2) is 23.1 Å². The van der Waals surface area contributed by atoms with Crippen molar-refractivity contribution < 1.29 is 13.2 Å². The minimum atomic E-state index is -3.60. The predicted octanol–water partition coefficient (Wildman–Crippen LogP) is 1.51. The van der Waals surface area contributed by atoms with Gasteiger partial charge in [0, 0.05) is 39.3 Å². The van der Waals surface area contributed by atoms with Crippen molar-refractivity contribution in [3.05, 3.63) is 28.8 Å². The van der Waals surface area contributed by atoms with E-state index in [0.717, 1.165) is 12.8 Å². The number of sulfonamides is 1. The molecule has 1 aromatic carbocycles. The van der Waals surface area contributed by atoms with Crippen LogP contribution in [0.2, 0.25) is 5.02 Å². The van der Waals surface area contributed by atoms with E-state index in [1.807, 2.05) is 7.05 Å². The maximum Gasteiger partial charge on any atom is 0.255 e. The van der Waals surface area contributed by atoms with E-state index in [9.17, 15) is 13.2 Å². The third-order valence-electron chi connectivity index (χ3n) is 4.66. The van der Waals surface area contributed by atoms with Crippen molar-refractivity contribution in [2.75, 3.05) is 46.3 Å². The van der Waals surface area contributed by atoms with Crippen molar-refractivity contribution in [3.63, 3.8) is 0 Å². The molecular weight excluding hydrogens is 350 g/mol. The summed E-state index contributed by atoms with van der Waals surface area (Å²) in [5.41, 5.74) is 0.272. The summed E-state index contributed by atoms with van der Waals surface area (Å²) in [5, 5.41) is 0.296. The van der Waals surface area contributed by atoms with Crippen LogP contribution in [0.4, 0.5) is 0 Å². The highest BCUT2D eigenvalue weighted by molar-refractivity contribution is 7.89. The number of likely N-dealkylation sites (N-methyl/N-ethyl adjacent to an activating group) is 1. The third kappa shape index (κ3) is 3.44. The number of hydrogen-bond acceptors (Lipinski definition) is 4. The molecule has 2 saturated heterocycles. The SMILES string of the molecule is CN1CCN(S(=O)(=O)c2ccc(Cl)c(C(=O)N3CCCC3)c2)CC1. The van der Waals surface area contributed by atoms with Crippen molar-refractivity contribution in [3.8, 4) is 0 Å². The Hall–Kier alpha value is -1.15. The largest absolute Gasteiger partial charge is 0.339 e. The van der Waals surface area contributed by atoms with Gasteiger partial charge in [0.25, 0.3) is 5.91 Å². The smallest absolute Gasteiger partial charge is 0.255 e.